The number of anilines is 1. The lowest BCUT2D eigenvalue weighted by Crippen LogP contribution is -2.71. The first-order valence-electron chi connectivity index (χ1n) is 14.6. The summed E-state index contributed by atoms with van der Waals surface area (Å²) < 4.78 is 11.1. The third-order valence-corrected chi connectivity index (χ3v) is 10.6. The molecular weight excluding hydrogens is 675 g/mol. The lowest BCUT2D eigenvalue weighted by Gasteiger charge is -2.49. The van der Waals surface area contributed by atoms with Gasteiger partial charge in [0, 0.05) is 22.4 Å². The average Bonchev–Trinajstić information content (AvgIpc) is 3.77. The number of carbonyl (C=O) groups excluding carboxylic acids is 4. The molecule has 2 aromatic carbocycles. The molecule has 2 amide bonds. The minimum atomic E-state index is -0.961. The standard InChI is InChI=1S/C33H29N5O7S3/c1-43-31(41)23-14-13-21(48-23)15-20-16-46-30-25(36-28(39)24(37-44-2)22-17-47-33(34)35-22)29(40)38(30)26(20)32(42)45-27(18-9-5-3-6-10-18)19-11-7-4-8-12-19/h3-14,17,25,27,30H,15-16H2,1-2H3,(H2,34,35)(H,36,39)/b37-24-. The van der Waals surface area contributed by atoms with E-state index in [4.69, 9.17) is 20.0 Å². The molecule has 0 saturated carbocycles. The Labute approximate surface area is 287 Å². The zero-order chi connectivity index (χ0) is 33.8. The van der Waals surface area contributed by atoms with Gasteiger partial charge in [0.2, 0.25) is 0 Å². The van der Waals surface area contributed by atoms with Gasteiger partial charge in [0.25, 0.3) is 11.8 Å². The Morgan fingerprint density at radius 3 is 2.31 bits per heavy atom. The normalized spacial score (nSPS) is 17.4. The number of carbonyl (C=O) groups is 4. The molecule has 6 rings (SSSR count). The summed E-state index contributed by atoms with van der Waals surface area (Å²) in [5.74, 6) is -1.95. The Bertz CT molecular complexity index is 1870. The Morgan fingerprint density at radius 1 is 1.02 bits per heavy atom. The van der Waals surface area contributed by atoms with E-state index in [1.54, 1.807) is 17.5 Å². The van der Waals surface area contributed by atoms with E-state index in [1.165, 1.54) is 42.2 Å². The highest BCUT2D eigenvalue weighted by atomic mass is 32.2. The maximum atomic E-state index is 14.3. The van der Waals surface area contributed by atoms with Crippen LogP contribution in [0.25, 0.3) is 0 Å². The molecule has 2 aliphatic rings. The van der Waals surface area contributed by atoms with Crippen molar-refractivity contribution in [2.75, 3.05) is 25.7 Å². The third kappa shape index (κ3) is 6.70. The average molecular weight is 704 g/mol. The number of thioether (sulfide) groups is 1. The summed E-state index contributed by atoms with van der Waals surface area (Å²) in [6.07, 6.45) is -0.455. The van der Waals surface area contributed by atoms with Crippen LogP contribution in [0, 0.1) is 0 Å². The Kier molecular flexibility index (Phi) is 9.89. The molecule has 2 aromatic heterocycles. The van der Waals surface area contributed by atoms with Gasteiger partial charge in [-0.1, -0.05) is 65.8 Å². The highest BCUT2D eigenvalue weighted by Gasteiger charge is 2.55. The number of nitrogen functional groups attached to an aromatic ring is 1. The van der Waals surface area contributed by atoms with Crippen LogP contribution < -0.4 is 11.1 Å². The molecular formula is C33H29N5O7S3. The van der Waals surface area contributed by atoms with Crippen LogP contribution in [0.4, 0.5) is 5.13 Å². The topological polar surface area (TPSA) is 163 Å². The Morgan fingerprint density at radius 2 is 1.71 bits per heavy atom. The highest BCUT2D eigenvalue weighted by molar-refractivity contribution is 8.00. The number of hydrogen-bond donors (Lipinski definition) is 2. The number of rotatable bonds is 11. The number of fused-ring (bicyclic) bond motifs is 1. The van der Waals surface area contributed by atoms with Crippen LogP contribution in [-0.4, -0.2) is 70.7 Å². The van der Waals surface area contributed by atoms with Crippen LogP contribution >= 0.6 is 34.4 Å². The number of thiazole rings is 1. The molecule has 3 N–H and O–H groups in total. The number of nitrogens with one attached hydrogen (secondary N) is 1. The number of esters is 2. The molecule has 48 heavy (non-hydrogen) atoms. The summed E-state index contributed by atoms with van der Waals surface area (Å²) >= 11 is 3.78. The van der Waals surface area contributed by atoms with Gasteiger partial charge in [-0.2, -0.15) is 0 Å². The minimum absolute atomic E-state index is 0.109. The number of thiophene rings is 1. The molecule has 2 aliphatic heterocycles. The van der Waals surface area contributed by atoms with E-state index in [0.29, 0.717) is 22.6 Å². The second-order valence-corrected chi connectivity index (χ2v) is 13.7. The summed E-state index contributed by atoms with van der Waals surface area (Å²) in [5.41, 5.74) is 8.09. The molecule has 0 radical (unpaired) electrons. The van der Waals surface area contributed by atoms with Crippen LogP contribution in [0.1, 0.15) is 37.5 Å². The van der Waals surface area contributed by atoms with E-state index in [2.05, 4.69) is 15.5 Å². The molecule has 0 bridgehead atoms. The minimum Gasteiger partial charge on any atom is -0.465 e. The van der Waals surface area contributed by atoms with Crippen LogP contribution in [0.2, 0.25) is 0 Å². The lowest BCUT2D eigenvalue weighted by molar-refractivity contribution is -0.154. The molecule has 0 aliphatic carbocycles. The van der Waals surface area contributed by atoms with Gasteiger partial charge in [-0.25, -0.2) is 14.6 Å². The molecule has 1 fully saturated rings. The number of methoxy groups -OCH3 is 1. The first kappa shape index (κ1) is 32.9. The second-order valence-electron chi connectivity index (χ2n) is 10.5. The molecule has 15 heteroatoms. The predicted octanol–water partition coefficient (Wildman–Crippen LogP) is 4.15. The fourth-order valence-electron chi connectivity index (χ4n) is 5.35. The van der Waals surface area contributed by atoms with Crippen LogP contribution in [0.3, 0.4) is 0 Å². The van der Waals surface area contributed by atoms with Gasteiger partial charge < -0.3 is 25.4 Å². The number of amides is 2. The van der Waals surface area contributed by atoms with Gasteiger partial charge in [-0.05, 0) is 28.8 Å². The fourth-order valence-corrected chi connectivity index (χ4v) is 8.21. The number of benzene rings is 2. The number of nitrogens with zero attached hydrogens (tertiary/aromatic N) is 3. The van der Waals surface area contributed by atoms with Gasteiger partial charge in [0.05, 0.1) is 7.11 Å². The van der Waals surface area contributed by atoms with Gasteiger partial charge >= 0.3 is 11.9 Å². The van der Waals surface area contributed by atoms with Gasteiger partial charge in [0.15, 0.2) is 16.9 Å². The van der Waals surface area contributed by atoms with E-state index in [9.17, 15) is 19.2 Å². The Balaban J connectivity index is 1.31. The van der Waals surface area contributed by atoms with E-state index >= 15 is 0 Å². The molecule has 0 spiro atoms. The summed E-state index contributed by atoms with van der Waals surface area (Å²) in [6.45, 7) is 0. The number of aromatic nitrogens is 1. The zero-order valence-electron chi connectivity index (χ0n) is 25.7. The molecule has 246 valence electrons. The smallest absolute Gasteiger partial charge is 0.356 e. The van der Waals surface area contributed by atoms with Gasteiger partial charge in [-0.3, -0.25) is 14.5 Å². The molecule has 2 atom stereocenters. The van der Waals surface area contributed by atoms with Crippen molar-refractivity contribution in [3.8, 4) is 0 Å². The van der Waals surface area contributed by atoms with Crippen molar-refractivity contribution in [2.45, 2.75) is 23.9 Å². The number of oxime groups is 1. The molecule has 4 aromatic rings. The van der Waals surface area contributed by atoms with Gasteiger partial charge in [0.1, 0.15) is 34.8 Å². The number of β-lactam (4-membered cyclic amide) rings is 1. The number of hydrogen-bond acceptors (Lipinski definition) is 13. The van der Waals surface area contributed by atoms with E-state index in [0.717, 1.165) is 27.3 Å². The molecule has 2 unspecified atom stereocenters. The summed E-state index contributed by atoms with van der Waals surface area (Å²) in [4.78, 5) is 65.1. The summed E-state index contributed by atoms with van der Waals surface area (Å²) in [6, 6.07) is 21.2. The van der Waals surface area contributed by atoms with E-state index in [-0.39, 0.29) is 22.2 Å². The first-order chi connectivity index (χ1) is 23.3. The second kappa shape index (κ2) is 14.4. The van der Waals surface area contributed by atoms with Crippen molar-refractivity contribution in [1.29, 1.82) is 0 Å². The first-order valence-corrected chi connectivity index (χ1v) is 17.3. The monoisotopic (exact) mass is 703 g/mol. The lowest BCUT2D eigenvalue weighted by atomic mass is 9.99. The van der Waals surface area contributed by atoms with Crippen molar-refractivity contribution < 1.29 is 33.5 Å². The summed E-state index contributed by atoms with van der Waals surface area (Å²) in [7, 11) is 2.60. The van der Waals surface area contributed by atoms with Crippen molar-refractivity contribution in [2.24, 2.45) is 5.16 Å². The van der Waals surface area contributed by atoms with Crippen LogP contribution in [0.5, 0.6) is 0 Å². The van der Waals surface area contributed by atoms with Gasteiger partial charge in [-0.15, -0.1) is 34.4 Å². The van der Waals surface area contributed by atoms with Crippen molar-refractivity contribution >= 4 is 69.0 Å². The van der Waals surface area contributed by atoms with E-state index < -0.39 is 41.3 Å². The maximum absolute atomic E-state index is 14.3. The van der Waals surface area contributed by atoms with Crippen molar-refractivity contribution in [3.05, 3.63) is 116 Å². The fraction of sp³-hybridized carbons (Fsp3) is 0.212. The van der Waals surface area contributed by atoms with E-state index in [1.807, 2.05) is 60.7 Å². The van der Waals surface area contributed by atoms with Crippen LogP contribution in [-0.2, 0) is 35.1 Å². The third-order valence-electron chi connectivity index (χ3n) is 7.55. The highest BCUT2D eigenvalue weighted by Crippen LogP contribution is 2.43. The molecule has 12 nitrogen and oxygen atoms in total. The SMILES string of the molecule is CO/N=C(\C(=O)NC1C(=O)N2C(C(=O)OC(c3ccccc3)c3ccccc3)=C(Cc3ccc(C(=O)OC)s3)CSC12)c1csc(N)n1. The molecule has 4 heterocycles. The molecule has 1 saturated heterocycles. The number of ether oxygens (including phenoxy) is 2. The van der Waals surface area contributed by atoms with Crippen molar-refractivity contribution in [1.82, 2.24) is 15.2 Å². The Hall–Kier alpha value is -4.99. The zero-order valence-corrected chi connectivity index (χ0v) is 28.1. The van der Waals surface area contributed by atoms with Crippen molar-refractivity contribution in [3.63, 3.8) is 0 Å². The maximum Gasteiger partial charge on any atom is 0.356 e. The largest absolute Gasteiger partial charge is 0.465 e. The van der Waals surface area contributed by atoms with Crippen LogP contribution in [0.15, 0.2) is 94.6 Å². The predicted molar refractivity (Wildman–Crippen MR) is 182 cm³/mol. The quantitative estimate of drug-likeness (QED) is 0.100. The summed E-state index contributed by atoms with van der Waals surface area (Å²) in [5, 5.41) is 7.75. The number of nitrogens with two attached hydrogens (primary N) is 1.